The van der Waals surface area contributed by atoms with Crippen LogP contribution in [-0.2, 0) is 23.7 Å². The van der Waals surface area contributed by atoms with E-state index in [-0.39, 0.29) is 17.1 Å². The number of aryl methyl sites for hydroxylation is 3. The molecule has 270 valence electrons. The Morgan fingerprint density at radius 2 is 1.68 bits per heavy atom. The molecular formula is C32H41ClN7O7PS2. The molecule has 18 heteroatoms. The van der Waals surface area contributed by atoms with Gasteiger partial charge in [0.1, 0.15) is 28.6 Å². The van der Waals surface area contributed by atoms with Crippen LogP contribution < -0.4 is 15.5 Å². The molecule has 0 atom stereocenters. The number of anilines is 4. The number of hydrogen-bond donors (Lipinski definition) is 3. The highest BCUT2D eigenvalue weighted by atomic mass is 35.5. The highest BCUT2D eigenvalue weighted by molar-refractivity contribution is 7.85. The molecule has 1 aliphatic heterocycles. The lowest BCUT2D eigenvalue weighted by molar-refractivity contribution is 0.103. The Kier molecular flexibility index (Phi) is 13.9. The topological polar surface area (TPSA) is 176 Å². The second-order valence-corrected chi connectivity index (χ2v) is 16.1. The van der Waals surface area contributed by atoms with Crippen molar-refractivity contribution in [1.29, 1.82) is 0 Å². The van der Waals surface area contributed by atoms with Gasteiger partial charge in [0.05, 0.1) is 35.0 Å². The molecule has 3 heterocycles. The summed E-state index contributed by atoms with van der Waals surface area (Å²) in [5, 5.41) is 7.08. The first-order valence-electron chi connectivity index (χ1n) is 15.7. The number of nitrogens with one attached hydrogen (secondary N) is 2. The van der Waals surface area contributed by atoms with Gasteiger partial charge in [-0.15, -0.1) is 0 Å². The second-order valence-electron chi connectivity index (χ2n) is 11.2. The number of aromatic nitrogens is 3. The van der Waals surface area contributed by atoms with Gasteiger partial charge >= 0.3 is 7.60 Å². The van der Waals surface area contributed by atoms with Crippen LogP contribution in [0.1, 0.15) is 40.5 Å². The van der Waals surface area contributed by atoms with Crippen molar-refractivity contribution in [2.45, 2.75) is 39.5 Å². The predicted octanol–water partition coefficient (Wildman–Crippen LogP) is 6.79. The molecule has 3 N–H and O–H groups in total. The third kappa shape index (κ3) is 11.3. The van der Waals surface area contributed by atoms with Crippen LogP contribution in [-0.4, -0.2) is 84.4 Å². The molecular weight excluding hydrogens is 725 g/mol. The second kappa shape index (κ2) is 17.6. The molecule has 2 aromatic carbocycles. The Labute approximate surface area is 301 Å². The third-order valence-electron chi connectivity index (χ3n) is 7.29. The first-order chi connectivity index (χ1) is 23.7. The van der Waals surface area contributed by atoms with Gasteiger partial charge in [-0.3, -0.25) is 18.8 Å². The average Bonchev–Trinajstić information content (AvgIpc) is 3.52. The fourth-order valence-electron chi connectivity index (χ4n) is 4.88. The van der Waals surface area contributed by atoms with Gasteiger partial charge in [-0.1, -0.05) is 52.8 Å². The smallest absolute Gasteiger partial charge is 0.344 e. The average molecular weight is 766 g/mol. The number of amides is 1. The predicted molar refractivity (Wildman–Crippen MR) is 197 cm³/mol. The molecule has 4 aromatic rings. The van der Waals surface area contributed by atoms with Crippen molar-refractivity contribution < 1.29 is 31.4 Å². The zero-order valence-corrected chi connectivity index (χ0v) is 31.7. The molecule has 1 fully saturated rings. The Morgan fingerprint density at radius 3 is 2.28 bits per heavy atom. The molecule has 1 saturated heterocycles. The number of halogens is 1. The van der Waals surface area contributed by atoms with E-state index < -0.39 is 17.7 Å². The van der Waals surface area contributed by atoms with Gasteiger partial charge in [-0.05, 0) is 58.4 Å². The van der Waals surface area contributed by atoms with E-state index in [1.807, 2.05) is 52.8 Å². The fourth-order valence-corrected chi connectivity index (χ4v) is 8.14. The number of thiazole rings is 1. The minimum Gasteiger partial charge on any atom is -0.354 e. The van der Waals surface area contributed by atoms with E-state index in [1.165, 1.54) is 29.7 Å². The van der Waals surface area contributed by atoms with E-state index in [2.05, 4.69) is 35.4 Å². The van der Waals surface area contributed by atoms with Crippen molar-refractivity contribution in [3.8, 4) is 0 Å². The maximum atomic E-state index is 12.9. The van der Waals surface area contributed by atoms with Gasteiger partial charge in [0.2, 0.25) is 0 Å². The van der Waals surface area contributed by atoms with E-state index in [0.29, 0.717) is 71.8 Å². The van der Waals surface area contributed by atoms with Crippen LogP contribution in [0.25, 0.3) is 0 Å². The van der Waals surface area contributed by atoms with Crippen molar-refractivity contribution in [3.63, 3.8) is 0 Å². The number of hydrogen-bond acceptors (Lipinski definition) is 13. The van der Waals surface area contributed by atoms with Crippen molar-refractivity contribution in [1.82, 2.24) is 19.9 Å². The van der Waals surface area contributed by atoms with Crippen LogP contribution in [0, 0.1) is 20.8 Å². The van der Waals surface area contributed by atoms with Crippen LogP contribution in [0.15, 0.2) is 59.6 Å². The monoisotopic (exact) mass is 765 g/mol. The maximum absolute atomic E-state index is 12.9. The van der Waals surface area contributed by atoms with Gasteiger partial charge < -0.3 is 24.6 Å². The van der Waals surface area contributed by atoms with Crippen molar-refractivity contribution >= 4 is 69.0 Å². The number of carbonyl (C=O) groups is 1. The molecule has 14 nitrogen and oxygen atoms in total. The molecule has 0 bridgehead atoms. The molecule has 50 heavy (non-hydrogen) atoms. The highest BCUT2D eigenvalue weighted by Gasteiger charge is 2.29. The van der Waals surface area contributed by atoms with Crippen LogP contribution >= 0.6 is 30.5 Å². The van der Waals surface area contributed by atoms with Gasteiger partial charge in [-0.25, -0.2) is 15.0 Å². The van der Waals surface area contributed by atoms with Gasteiger partial charge in [-0.2, -0.15) is 8.42 Å². The Balaban J connectivity index is 0.000000435. The largest absolute Gasteiger partial charge is 0.354 e. The molecule has 1 amide bonds. The van der Waals surface area contributed by atoms with Gasteiger partial charge in [0.15, 0.2) is 5.13 Å². The normalized spacial score (nSPS) is 13.8. The van der Waals surface area contributed by atoms with Crippen molar-refractivity contribution in [3.05, 3.63) is 81.6 Å². The number of para-hydroxylation sites is 1. The Morgan fingerprint density at radius 1 is 1.02 bits per heavy atom. The summed E-state index contributed by atoms with van der Waals surface area (Å²) in [5.74, 6) is 1.69. The highest BCUT2D eigenvalue weighted by Crippen LogP contribution is 2.48. The summed E-state index contributed by atoms with van der Waals surface area (Å²) in [6.07, 6.45) is 1.79. The molecule has 5 rings (SSSR count). The summed E-state index contributed by atoms with van der Waals surface area (Å²) in [4.78, 5) is 30.9. The zero-order chi connectivity index (χ0) is 36.5. The van der Waals surface area contributed by atoms with Gasteiger partial charge in [0.25, 0.3) is 16.0 Å². The lowest BCUT2D eigenvalue weighted by Crippen LogP contribution is -2.47. The van der Waals surface area contributed by atoms with Crippen LogP contribution in [0.2, 0.25) is 5.02 Å². The summed E-state index contributed by atoms with van der Waals surface area (Å²) < 4.78 is 53.3. The fraction of sp³-hybridized carbons (Fsp3) is 0.375. The van der Waals surface area contributed by atoms with Crippen molar-refractivity contribution in [2.24, 2.45) is 0 Å². The Hall–Kier alpha value is -3.47. The first kappa shape index (κ1) is 39.3. The molecule has 0 saturated carbocycles. The molecule has 0 radical (unpaired) electrons. The van der Waals surface area contributed by atoms with E-state index in [1.54, 1.807) is 18.2 Å². The zero-order valence-electron chi connectivity index (χ0n) is 28.4. The summed E-state index contributed by atoms with van der Waals surface area (Å²) in [5.41, 5.74) is 2.42. The number of rotatable bonds is 12. The minimum absolute atomic E-state index is 0.0666. The van der Waals surface area contributed by atoms with Gasteiger partial charge in [0, 0.05) is 32.2 Å². The Bertz CT molecular complexity index is 1890. The number of nitrogens with zero attached hydrogens (tertiary/aromatic N) is 5. The van der Waals surface area contributed by atoms with Crippen LogP contribution in [0.4, 0.5) is 22.5 Å². The minimum atomic E-state index is -4.02. The maximum Gasteiger partial charge on any atom is 0.344 e. The van der Waals surface area contributed by atoms with E-state index in [4.69, 9.17) is 25.2 Å². The molecule has 2 aromatic heterocycles. The van der Waals surface area contributed by atoms with E-state index >= 15 is 0 Å². The summed E-state index contributed by atoms with van der Waals surface area (Å²) in [7, 11) is -7.15. The molecule has 0 aliphatic carbocycles. The lowest BCUT2D eigenvalue weighted by Gasteiger charge is -2.36. The summed E-state index contributed by atoms with van der Waals surface area (Å²) in [6, 6.07) is 13.3. The quantitative estimate of drug-likeness (QED) is 0.102. The molecule has 1 aliphatic rings. The summed E-state index contributed by atoms with van der Waals surface area (Å²) in [6.45, 7) is 12.7. The number of benzene rings is 2. The van der Waals surface area contributed by atoms with Crippen LogP contribution in [0.5, 0.6) is 0 Å². The SMILES string of the molecule is CCOP(=O)(CN1CCN(c2cc(Nc3ncc(C(=O)Nc4c(C)cccc4Cl)s3)nc(C)n2)CC1)OCC.Cc1ccc(S(=O)(=O)O)cc1. The number of piperazine rings is 1. The number of carbonyl (C=O) groups excluding carboxylic acids is 1. The van der Waals surface area contributed by atoms with Crippen molar-refractivity contribution in [2.75, 3.05) is 61.2 Å². The van der Waals surface area contributed by atoms with E-state index in [0.717, 1.165) is 16.9 Å². The molecule has 0 unspecified atom stereocenters. The summed E-state index contributed by atoms with van der Waals surface area (Å²) >= 11 is 7.46. The van der Waals surface area contributed by atoms with E-state index in [9.17, 15) is 17.8 Å². The third-order valence-corrected chi connectivity index (χ3v) is 11.4. The standard InChI is InChI=1S/C25H33ClN7O4PS.C7H8O3S/c1-5-36-38(35,37-6-2)16-32-10-12-33(13-11-32)22-14-21(28-18(4)29-22)30-25-27-15-20(39-25)24(34)31-23-17(3)8-7-9-19(23)26;1-6-2-4-7(5-3-6)11(8,9)10/h7-9,14-15H,5-6,10-13,16H2,1-4H3,(H,31,34)(H,27,28,29,30);2-5H,1H3,(H,8,9,10). The first-order valence-corrected chi connectivity index (χ1v) is 20.1. The van der Waals surface area contributed by atoms with Crippen LogP contribution in [0.3, 0.4) is 0 Å². The lowest BCUT2D eigenvalue weighted by atomic mass is 10.2. The molecule has 0 spiro atoms.